The number of rotatable bonds is 12. The van der Waals surface area contributed by atoms with Crippen molar-refractivity contribution in [2.75, 3.05) is 18.6 Å². The molecule has 0 heterocycles. The normalized spacial score (nSPS) is 13.6. The minimum atomic E-state index is -1.19. The summed E-state index contributed by atoms with van der Waals surface area (Å²) in [6, 6.07) is 6.67. The van der Waals surface area contributed by atoms with Crippen LogP contribution in [0.1, 0.15) is 18.9 Å². The Morgan fingerprint density at radius 2 is 1.72 bits per heavy atom. The number of carboxylic acids is 1. The Morgan fingerprint density at radius 1 is 1.07 bits per heavy atom. The highest BCUT2D eigenvalue weighted by molar-refractivity contribution is 7.98. The van der Waals surface area contributed by atoms with Gasteiger partial charge in [0.05, 0.1) is 6.04 Å². The van der Waals surface area contributed by atoms with Crippen molar-refractivity contribution < 1.29 is 24.3 Å². The lowest BCUT2D eigenvalue weighted by atomic mass is 10.1. The van der Waals surface area contributed by atoms with Crippen LogP contribution in [0.25, 0.3) is 0 Å². The number of carboxylic acid groups (broad SMARTS) is 1. The highest BCUT2D eigenvalue weighted by Crippen LogP contribution is 2.05. The summed E-state index contributed by atoms with van der Waals surface area (Å²) < 4.78 is 0. The Kier molecular flexibility index (Phi) is 10.8. The Hall–Kier alpha value is -2.59. The van der Waals surface area contributed by atoms with Gasteiger partial charge in [-0.15, -0.1) is 0 Å². The van der Waals surface area contributed by atoms with Crippen molar-refractivity contribution in [3.05, 3.63) is 35.9 Å². The van der Waals surface area contributed by atoms with Crippen molar-refractivity contribution in [2.24, 2.45) is 5.73 Å². The van der Waals surface area contributed by atoms with E-state index < -0.39 is 48.4 Å². The molecule has 6 N–H and O–H groups in total. The van der Waals surface area contributed by atoms with Gasteiger partial charge in [-0.2, -0.15) is 11.8 Å². The third kappa shape index (κ3) is 9.44. The van der Waals surface area contributed by atoms with Crippen LogP contribution in [-0.2, 0) is 25.6 Å². The number of carbonyl (C=O) groups is 4. The van der Waals surface area contributed by atoms with Gasteiger partial charge in [0.15, 0.2) is 0 Å². The van der Waals surface area contributed by atoms with E-state index in [1.54, 1.807) is 0 Å². The van der Waals surface area contributed by atoms with Gasteiger partial charge in [-0.3, -0.25) is 19.2 Å². The number of hydrogen-bond donors (Lipinski definition) is 5. The third-order valence-electron chi connectivity index (χ3n) is 4.04. The van der Waals surface area contributed by atoms with Crippen LogP contribution < -0.4 is 21.7 Å². The molecule has 0 radical (unpaired) electrons. The first-order chi connectivity index (χ1) is 13.7. The van der Waals surface area contributed by atoms with Crippen LogP contribution in [0.2, 0.25) is 0 Å². The lowest BCUT2D eigenvalue weighted by Gasteiger charge is -2.22. The molecule has 3 atom stereocenters. The lowest BCUT2D eigenvalue weighted by Crippen LogP contribution is -2.55. The highest BCUT2D eigenvalue weighted by Gasteiger charge is 2.26. The zero-order valence-corrected chi connectivity index (χ0v) is 17.3. The quantitative estimate of drug-likeness (QED) is 0.303. The maximum Gasteiger partial charge on any atom is 0.322 e. The van der Waals surface area contributed by atoms with Crippen LogP contribution in [0.4, 0.5) is 0 Å². The summed E-state index contributed by atoms with van der Waals surface area (Å²) in [4.78, 5) is 47.4. The van der Waals surface area contributed by atoms with E-state index in [2.05, 4.69) is 16.0 Å². The molecule has 0 bridgehead atoms. The molecule has 0 spiro atoms. The van der Waals surface area contributed by atoms with Gasteiger partial charge < -0.3 is 26.8 Å². The molecule has 1 rings (SSSR count). The van der Waals surface area contributed by atoms with Gasteiger partial charge in [0.2, 0.25) is 17.7 Å². The van der Waals surface area contributed by atoms with Crippen molar-refractivity contribution in [2.45, 2.75) is 37.9 Å². The van der Waals surface area contributed by atoms with Crippen LogP contribution >= 0.6 is 11.8 Å². The van der Waals surface area contributed by atoms with Gasteiger partial charge in [-0.25, -0.2) is 0 Å². The lowest BCUT2D eigenvalue weighted by molar-refractivity contribution is -0.138. The molecule has 0 saturated heterocycles. The summed E-state index contributed by atoms with van der Waals surface area (Å²) in [7, 11) is 0. The smallest absolute Gasteiger partial charge is 0.322 e. The van der Waals surface area contributed by atoms with Crippen molar-refractivity contribution in [3.8, 4) is 0 Å². The average molecular weight is 425 g/mol. The first kappa shape index (κ1) is 24.4. The van der Waals surface area contributed by atoms with Gasteiger partial charge in [0, 0.05) is 0 Å². The fourth-order valence-corrected chi connectivity index (χ4v) is 2.91. The molecule has 1 aromatic rings. The topological polar surface area (TPSA) is 151 Å². The number of thioether (sulfide) groups is 1. The molecule has 0 aromatic heterocycles. The van der Waals surface area contributed by atoms with Gasteiger partial charge in [-0.1, -0.05) is 30.3 Å². The summed E-state index contributed by atoms with van der Waals surface area (Å²) in [5, 5.41) is 15.9. The predicted octanol–water partition coefficient (Wildman–Crippen LogP) is -0.500. The number of benzene rings is 1. The Labute approximate surface area is 174 Å². The van der Waals surface area contributed by atoms with Crippen molar-refractivity contribution >= 4 is 35.5 Å². The molecule has 0 aliphatic carbocycles. The summed E-state index contributed by atoms with van der Waals surface area (Å²) in [5.41, 5.74) is 6.88. The van der Waals surface area contributed by atoms with E-state index in [1.807, 2.05) is 36.6 Å². The highest BCUT2D eigenvalue weighted by atomic mass is 32.2. The second-order valence-electron chi connectivity index (χ2n) is 6.48. The van der Waals surface area contributed by atoms with Gasteiger partial charge in [0.25, 0.3) is 0 Å². The van der Waals surface area contributed by atoms with Crippen LogP contribution in [-0.4, -0.2) is 65.5 Å². The van der Waals surface area contributed by atoms with Crippen LogP contribution in [0.5, 0.6) is 0 Å². The zero-order valence-electron chi connectivity index (χ0n) is 16.5. The fraction of sp³-hybridized carbons (Fsp3) is 0.474. The van der Waals surface area contributed by atoms with Crippen molar-refractivity contribution in [1.29, 1.82) is 0 Å². The SMILES string of the molecule is CSCCC(NC(=O)C(N)Cc1ccccc1)C(=O)NC(C)C(=O)NCC(=O)O. The van der Waals surface area contributed by atoms with Crippen LogP contribution in [0.15, 0.2) is 30.3 Å². The van der Waals surface area contributed by atoms with E-state index in [-0.39, 0.29) is 0 Å². The predicted molar refractivity (Wildman–Crippen MR) is 111 cm³/mol. The number of aliphatic carboxylic acids is 1. The standard InChI is InChI=1S/C19H28N4O5S/c1-12(17(26)21-11-16(24)25)22-19(28)15(8-9-29-2)23-18(27)14(20)10-13-6-4-3-5-7-13/h3-7,12,14-15H,8-11,20H2,1-2H3,(H,21,26)(H,22,28)(H,23,27)(H,24,25). The van der Waals surface area contributed by atoms with Crippen LogP contribution in [0, 0.1) is 0 Å². The van der Waals surface area contributed by atoms with E-state index in [4.69, 9.17) is 10.8 Å². The molecular formula is C19H28N4O5S. The van der Waals surface area contributed by atoms with Gasteiger partial charge in [-0.05, 0) is 37.3 Å². The second-order valence-corrected chi connectivity index (χ2v) is 7.47. The molecule has 3 unspecified atom stereocenters. The number of carbonyl (C=O) groups excluding carboxylic acids is 3. The molecule has 9 nitrogen and oxygen atoms in total. The molecule has 0 saturated carbocycles. The van der Waals surface area contributed by atoms with E-state index >= 15 is 0 Å². The van der Waals surface area contributed by atoms with Gasteiger partial charge in [0.1, 0.15) is 18.6 Å². The number of amides is 3. The fourth-order valence-electron chi connectivity index (χ4n) is 2.44. The maximum absolute atomic E-state index is 12.5. The van der Waals surface area contributed by atoms with E-state index in [0.29, 0.717) is 18.6 Å². The minimum Gasteiger partial charge on any atom is -0.480 e. The maximum atomic E-state index is 12.5. The minimum absolute atomic E-state index is 0.331. The number of hydrogen-bond acceptors (Lipinski definition) is 6. The zero-order chi connectivity index (χ0) is 21.8. The third-order valence-corrected chi connectivity index (χ3v) is 4.69. The largest absolute Gasteiger partial charge is 0.480 e. The summed E-state index contributed by atoms with van der Waals surface area (Å²) in [6.07, 6.45) is 2.57. The average Bonchev–Trinajstić information content (AvgIpc) is 2.69. The molecule has 1 aromatic carbocycles. The Bertz CT molecular complexity index is 701. The van der Waals surface area contributed by atoms with E-state index in [9.17, 15) is 19.2 Å². The molecule has 10 heteroatoms. The molecule has 0 fully saturated rings. The van der Waals surface area contributed by atoms with Gasteiger partial charge >= 0.3 is 5.97 Å². The Balaban J connectivity index is 2.66. The molecule has 160 valence electrons. The summed E-state index contributed by atoms with van der Waals surface area (Å²) in [5.74, 6) is -2.19. The molecule has 29 heavy (non-hydrogen) atoms. The first-order valence-electron chi connectivity index (χ1n) is 9.13. The number of nitrogens with two attached hydrogens (primary N) is 1. The molecule has 3 amide bonds. The summed E-state index contributed by atoms with van der Waals surface area (Å²) >= 11 is 1.51. The first-order valence-corrected chi connectivity index (χ1v) is 10.5. The molecule has 0 aliphatic rings. The van der Waals surface area contributed by atoms with Crippen molar-refractivity contribution in [1.82, 2.24) is 16.0 Å². The summed E-state index contributed by atoms with van der Waals surface area (Å²) in [6.45, 7) is 0.893. The monoisotopic (exact) mass is 424 g/mol. The van der Waals surface area contributed by atoms with Crippen molar-refractivity contribution in [3.63, 3.8) is 0 Å². The molecule has 0 aliphatic heterocycles. The van der Waals surface area contributed by atoms with E-state index in [1.165, 1.54) is 18.7 Å². The number of nitrogens with one attached hydrogen (secondary N) is 3. The molecular weight excluding hydrogens is 396 g/mol. The Morgan fingerprint density at radius 3 is 2.31 bits per heavy atom. The second kappa shape index (κ2) is 12.8. The van der Waals surface area contributed by atoms with Crippen LogP contribution in [0.3, 0.4) is 0 Å². The van der Waals surface area contributed by atoms with E-state index in [0.717, 1.165) is 5.56 Å².